The van der Waals surface area contributed by atoms with E-state index >= 15 is 0 Å². The van der Waals surface area contributed by atoms with Crippen LogP contribution in [0, 0.1) is 5.92 Å². The van der Waals surface area contributed by atoms with Gasteiger partial charge in [-0.2, -0.15) is 0 Å². The van der Waals surface area contributed by atoms with E-state index in [1.54, 1.807) is 6.07 Å². The molecule has 1 aliphatic heterocycles. The highest BCUT2D eigenvalue weighted by molar-refractivity contribution is 5.88. The summed E-state index contributed by atoms with van der Waals surface area (Å²) in [5, 5.41) is 0. The fourth-order valence-corrected chi connectivity index (χ4v) is 2.65. The lowest BCUT2D eigenvalue weighted by Gasteiger charge is -2.19. The van der Waals surface area contributed by atoms with Crippen molar-refractivity contribution in [2.24, 2.45) is 5.92 Å². The summed E-state index contributed by atoms with van der Waals surface area (Å²) in [5.74, 6) is -0.331. The van der Waals surface area contributed by atoms with Crippen LogP contribution in [0.3, 0.4) is 0 Å². The van der Waals surface area contributed by atoms with Crippen molar-refractivity contribution in [3.05, 3.63) is 35.7 Å². The monoisotopic (exact) mass is 261 g/mol. The Morgan fingerprint density at radius 1 is 1.58 bits per heavy atom. The molecule has 0 N–H and O–H groups in total. The first kappa shape index (κ1) is 13.6. The van der Waals surface area contributed by atoms with Gasteiger partial charge >= 0.3 is 5.97 Å². The van der Waals surface area contributed by atoms with Crippen molar-refractivity contribution in [1.29, 1.82) is 0 Å². The second kappa shape index (κ2) is 5.87. The maximum absolute atomic E-state index is 11.7. The first-order chi connectivity index (χ1) is 9.22. The number of methoxy groups -OCH3 is 1. The topological polar surface area (TPSA) is 48.3 Å². The quantitative estimate of drug-likeness (QED) is 0.475. The van der Waals surface area contributed by atoms with Crippen LogP contribution in [0.25, 0.3) is 0 Å². The second-order valence-corrected chi connectivity index (χ2v) is 4.74. The van der Waals surface area contributed by atoms with E-state index in [1.807, 2.05) is 17.6 Å². The number of nitrogens with zero attached hydrogens (tertiary/aromatic N) is 1. The fourth-order valence-electron chi connectivity index (χ4n) is 2.65. The molecule has 0 radical (unpaired) electrons. The van der Waals surface area contributed by atoms with Crippen LogP contribution in [0.2, 0.25) is 0 Å². The van der Waals surface area contributed by atoms with Gasteiger partial charge in [-0.05, 0) is 25.0 Å². The number of allylic oxidation sites excluding steroid dienone is 2. The van der Waals surface area contributed by atoms with Gasteiger partial charge in [0.25, 0.3) is 0 Å². The van der Waals surface area contributed by atoms with Crippen molar-refractivity contribution in [1.82, 2.24) is 4.57 Å². The van der Waals surface area contributed by atoms with Gasteiger partial charge < -0.3 is 14.1 Å². The predicted molar refractivity (Wildman–Crippen MR) is 72.1 cm³/mol. The van der Waals surface area contributed by atoms with Gasteiger partial charge in [0, 0.05) is 24.1 Å². The van der Waals surface area contributed by atoms with Crippen LogP contribution in [0.1, 0.15) is 41.9 Å². The third kappa shape index (κ3) is 2.48. The molecule has 19 heavy (non-hydrogen) atoms. The molecule has 0 amide bonds. The standard InChI is InChI=1S/C15H19NO3/c1-3-11(10-17)12-6-4-5-9-16-13(12)7-8-14(16)15(18)19-2/h4,6-8,10-12H,3,5,9H2,1-2H3/t11-,12+/m0/s1. The van der Waals surface area contributed by atoms with Crippen LogP contribution < -0.4 is 0 Å². The number of aldehydes is 1. The number of ether oxygens (including phenoxy) is 1. The van der Waals surface area contributed by atoms with Crippen molar-refractivity contribution < 1.29 is 14.3 Å². The van der Waals surface area contributed by atoms with Crippen LogP contribution in [0.4, 0.5) is 0 Å². The molecule has 0 unspecified atom stereocenters. The zero-order valence-electron chi connectivity index (χ0n) is 11.3. The third-order valence-electron chi connectivity index (χ3n) is 3.72. The van der Waals surface area contributed by atoms with Crippen LogP contribution in [-0.2, 0) is 16.1 Å². The molecule has 2 atom stereocenters. The molecule has 1 aliphatic rings. The lowest BCUT2D eigenvalue weighted by Crippen LogP contribution is -2.17. The molecule has 2 rings (SSSR count). The van der Waals surface area contributed by atoms with E-state index in [1.165, 1.54) is 7.11 Å². The van der Waals surface area contributed by atoms with Gasteiger partial charge in [0.15, 0.2) is 0 Å². The molecule has 0 saturated heterocycles. The van der Waals surface area contributed by atoms with Crippen LogP contribution >= 0.6 is 0 Å². The highest BCUT2D eigenvalue weighted by Crippen LogP contribution is 2.31. The van der Waals surface area contributed by atoms with E-state index in [9.17, 15) is 9.59 Å². The highest BCUT2D eigenvalue weighted by atomic mass is 16.5. The van der Waals surface area contributed by atoms with Gasteiger partial charge in [0.2, 0.25) is 0 Å². The van der Waals surface area contributed by atoms with E-state index in [4.69, 9.17) is 4.74 Å². The number of fused-ring (bicyclic) bond motifs is 1. The first-order valence-corrected chi connectivity index (χ1v) is 6.62. The van der Waals surface area contributed by atoms with Crippen molar-refractivity contribution in [2.75, 3.05) is 7.11 Å². The lowest BCUT2D eigenvalue weighted by molar-refractivity contribution is -0.111. The summed E-state index contributed by atoms with van der Waals surface area (Å²) in [5.41, 5.74) is 1.58. The number of rotatable bonds is 4. The molecule has 0 saturated carbocycles. The minimum Gasteiger partial charge on any atom is -0.464 e. The zero-order chi connectivity index (χ0) is 13.8. The molecular weight excluding hydrogens is 242 g/mol. The van der Waals surface area contributed by atoms with Crippen molar-refractivity contribution in [3.63, 3.8) is 0 Å². The Hall–Kier alpha value is -1.84. The molecule has 4 heteroatoms. The number of hydrogen-bond donors (Lipinski definition) is 0. The van der Waals surface area contributed by atoms with Crippen LogP contribution in [0.15, 0.2) is 24.3 Å². The molecule has 2 heterocycles. The maximum Gasteiger partial charge on any atom is 0.354 e. The van der Waals surface area contributed by atoms with Crippen molar-refractivity contribution in [3.8, 4) is 0 Å². The van der Waals surface area contributed by atoms with Gasteiger partial charge in [0.1, 0.15) is 12.0 Å². The molecule has 4 nitrogen and oxygen atoms in total. The van der Waals surface area contributed by atoms with Crippen LogP contribution in [-0.4, -0.2) is 23.9 Å². The third-order valence-corrected chi connectivity index (χ3v) is 3.72. The van der Waals surface area contributed by atoms with E-state index in [0.29, 0.717) is 5.69 Å². The second-order valence-electron chi connectivity index (χ2n) is 4.74. The average Bonchev–Trinajstić information content (AvgIpc) is 2.75. The molecule has 1 aromatic rings. The molecule has 0 aromatic carbocycles. The molecule has 0 fully saturated rings. The fraction of sp³-hybridized carbons (Fsp3) is 0.467. The lowest BCUT2D eigenvalue weighted by atomic mass is 9.88. The maximum atomic E-state index is 11.7. The smallest absolute Gasteiger partial charge is 0.354 e. The number of hydrogen-bond acceptors (Lipinski definition) is 3. The Balaban J connectivity index is 2.44. The Morgan fingerprint density at radius 3 is 3.00 bits per heavy atom. The van der Waals surface area contributed by atoms with E-state index in [2.05, 4.69) is 12.2 Å². The summed E-state index contributed by atoms with van der Waals surface area (Å²) in [6.45, 7) is 2.75. The van der Waals surface area contributed by atoms with Crippen molar-refractivity contribution in [2.45, 2.75) is 32.2 Å². The summed E-state index contributed by atoms with van der Waals surface area (Å²) in [7, 11) is 1.38. The summed E-state index contributed by atoms with van der Waals surface area (Å²) >= 11 is 0. The molecular formula is C15H19NO3. The average molecular weight is 261 g/mol. The van der Waals surface area contributed by atoms with Gasteiger partial charge in [0.05, 0.1) is 7.11 Å². The first-order valence-electron chi connectivity index (χ1n) is 6.62. The number of carbonyl (C=O) groups excluding carboxylic acids is 2. The summed E-state index contributed by atoms with van der Waals surface area (Å²) in [4.78, 5) is 23.0. The number of aromatic nitrogens is 1. The Bertz CT molecular complexity index is 501. The SMILES string of the molecule is CC[C@@H](C=O)[C@H]1C=CCCn2c(C(=O)OC)ccc21. The van der Waals surface area contributed by atoms with E-state index < -0.39 is 0 Å². The Morgan fingerprint density at radius 2 is 2.37 bits per heavy atom. The highest BCUT2D eigenvalue weighted by Gasteiger charge is 2.26. The molecule has 1 aromatic heterocycles. The predicted octanol–water partition coefficient (Wildman–Crippen LogP) is 2.54. The molecule has 0 bridgehead atoms. The molecule has 0 aliphatic carbocycles. The Labute approximate surface area is 113 Å². The largest absolute Gasteiger partial charge is 0.464 e. The van der Waals surface area contributed by atoms with Gasteiger partial charge in [-0.1, -0.05) is 19.1 Å². The minimum atomic E-state index is -0.328. The van der Waals surface area contributed by atoms with Crippen LogP contribution in [0.5, 0.6) is 0 Å². The summed E-state index contributed by atoms with van der Waals surface area (Å²) in [6.07, 6.45) is 6.83. The Kier molecular flexibility index (Phi) is 4.20. The molecule has 0 spiro atoms. The summed E-state index contributed by atoms with van der Waals surface area (Å²) in [6, 6.07) is 3.71. The zero-order valence-corrected chi connectivity index (χ0v) is 11.3. The molecule has 102 valence electrons. The van der Waals surface area contributed by atoms with Gasteiger partial charge in [-0.3, -0.25) is 0 Å². The van der Waals surface area contributed by atoms with E-state index in [0.717, 1.165) is 31.4 Å². The minimum absolute atomic E-state index is 0.0448. The number of esters is 1. The summed E-state index contributed by atoms with van der Waals surface area (Å²) < 4.78 is 6.78. The van der Waals surface area contributed by atoms with Crippen molar-refractivity contribution >= 4 is 12.3 Å². The van der Waals surface area contributed by atoms with E-state index in [-0.39, 0.29) is 17.8 Å². The normalized spacial score (nSPS) is 19.4. The number of carbonyl (C=O) groups is 2. The van der Waals surface area contributed by atoms with Gasteiger partial charge in [-0.15, -0.1) is 0 Å². The van der Waals surface area contributed by atoms with Gasteiger partial charge in [-0.25, -0.2) is 4.79 Å².